The quantitative estimate of drug-likeness (QED) is 0.509. The van der Waals surface area contributed by atoms with Gasteiger partial charge in [-0.3, -0.25) is 0 Å². The van der Waals surface area contributed by atoms with Gasteiger partial charge >= 0.3 is 0 Å². The third-order valence-corrected chi connectivity index (χ3v) is 3.77. The first kappa shape index (κ1) is 8.00. The lowest BCUT2D eigenvalue weighted by atomic mass is 10.5. The van der Waals surface area contributed by atoms with Crippen LogP contribution in [0.15, 0.2) is 12.3 Å². The molecule has 0 saturated carbocycles. The molecule has 0 N–H and O–H groups in total. The van der Waals surface area contributed by atoms with Crippen LogP contribution in [0.4, 0.5) is 0 Å². The number of hydrogen-bond donors (Lipinski definition) is 0. The fourth-order valence-corrected chi connectivity index (χ4v) is 1.46. The average molecular weight is 365 g/mol. The van der Waals surface area contributed by atoms with E-state index in [2.05, 4.69) is 50.2 Å². The van der Waals surface area contributed by atoms with E-state index in [0.717, 1.165) is 7.14 Å². The van der Waals surface area contributed by atoms with Crippen molar-refractivity contribution in [3.63, 3.8) is 0 Å². The van der Waals surface area contributed by atoms with E-state index in [-0.39, 0.29) is 0 Å². The highest BCUT2D eigenvalue weighted by Crippen LogP contribution is 2.16. The van der Waals surface area contributed by atoms with E-state index in [0.29, 0.717) is 5.15 Å². The Bertz CT molecular complexity index is 226. The summed E-state index contributed by atoms with van der Waals surface area (Å²) in [6, 6.07) is 1.84. The molecular weight excluding hydrogens is 363 g/mol. The van der Waals surface area contributed by atoms with E-state index in [4.69, 9.17) is 11.6 Å². The summed E-state index contributed by atoms with van der Waals surface area (Å²) in [4.78, 5) is 3.89. The molecule has 0 bridgehead atoms. The Kier molecular flexibility index (Phi) is 2.97. The van der Waals surface area contributed by atoms with Crippen LogP contribution in [-0.2, 0) is 0 Å². The molecule has 0 radical (unpaired) electrons. The zero-order valence-corrected chi connectivity index (χ0v) is 9.31. The molecule has 48 valence electrons. The molecule has 9 heavy (non-hydrogen) atoms. The van der Waals surface area contributed by atoms with E-state index < -0.39 is 0 Å². The van der Waals surface area contributed by atoms with Gasteiger partial charge in [0.1, 0.15) is 5.15 Å². The average Bonchev–Trinajstić information content (AvgIpc) is 1.80. The molecular formula is C5H2ClI2N. The Labute approximate surface area is 85.5 Å². The van der Waals surface area contributed by atoms with Crippen molar-refractivity contribution in [2.75, 3.05) is 0 Å². The summed E-state index contributed by atoms with van der Waals surface area (Å²) in [5.74, 6) is 0. The van der Waals surface area contributed by atoms with Gasteiger partial charge in [-0.1, -0.05) is 11.6 Å². The number of hydrogen-bond acceptors (Lipinski definition) is 1. The Hall–Kier alpha value is 0.900. The highest BCUT2D eigenvalue weighted by molar-refractivity contribution is 14.1. The SMILES string of the molecule is Clc1cc(I)c(I)cn1. The molecule has 4 heteroatoms. The summed E-state index contributed by atoms with van der Waals surface area (Å²) in [7, 11) is 0. The van der Waals surface area contributed by atoms with Gasteiger partial charge < -0.3 is 0 Å². The number of rotatable bonds is 0. The maximum absolute atomic E-state index is 5.60. The van der Waals surface area contributed by atoms with Gasteiger partial charge in [-0.05, 0) is 51.2 Å². The maximum Gasteiger partial charge on any atom is 0.130 e. The van der Waals surface area contributed by atoms with Crippen LogP contribution in [0.25, 0.3) is 0 Å². The lowest BCUT2D eigenvalue weighted by Gasteiger charge is -1.92. The van der Waals surface area contributed by atoms with Crippen LogP contribution in [0.3, 0.4) is 0 Å². The minimum atomic E-state index is 0.555. The van der Waals surface area contributed by atoms with Crippen LogP contribution >= 0.6 is 56.8 Å². The van der Waals surface area contributed by atoms with Gasteiger partial charge in [0.15, 0.2) is 0 Å². The standard InChI is InChI=1S/C5H2ClI2N/c6-5-1-3(7)4(8)2-9-5/h1-2H. The van der Waals surface area contributed by atoms with Crippen molar-refractivity contribution in [1.82, 2.24) is 4.98 Å². The number of aromatic nitrogens is 1. The lowest BCUT2D eigenvalue weighted by Crippen LogP contribution is -1.81. The molecule has 0 aliphatic heterocycles. The molecule has 0 amide bonds. The van der Waals surface area contributed by atoms with Crippen LogP contribution in [-0.4, -0.2) is 4.98 Å². The maximum atomic E-state index is 5.60. The fourth-order valence-electron chi connectivity index (χ4n) is 0.391. The second-order valence-corrected chi connectivity index (χ2v) is 4.13. The molecule has 1 nitrogen and oxygen atoms in total. The Morgan fingerprint density at radius 1 is 1.33 bits per heavy atom. The molecule has 0 unspecified atom stereocenters. The summed E-state index contributed by atoms with van der Waals surface area (Å²) in [5, 5.41) is 0.555. The normalized spacial score (nSPS) is 9.67. The third-order valence-electron chi connectivity index (χ3n) is 0.775. The fraction of sp³-hybridized carbons (Fsp3) is 0. The summed E-state index contributed by atoms with van der Waals surface area (Å²) in [6.07, 6.45) is 1.75. The van der Waals surface area contributed by atoms with Crippen molar-refractivity contribution >= 4 is 56.8 Å². The van der Waals surface area contributed by atoms with Crippen molar-refractivity contribution in [2.45, 2.75) is 0 Å². The molecule has 0 aromatic carbocycles. The molecule has 1 aromatic heterocycles. The van der Waals surface area contributed by atoms with Gasteiger partial charge in [0.25, 0.3) is 0 Å². The summed E-state index contributed by atoms with van der Waals surface area (Å²) in [5.41, 5.74) is 0. The van der Waals surface area contributed by atoms with Crippen molar-refractivity contribution < 1.29 is 0 Å². The van der Waals surface area contributed by atoms with E-state index in [1.807, 2.05) is 6.07 Å². The van der Waals surface area contributed by atoms with Crippen LogP contribution in [0, 0.1) is 7.14 Å². The van der Waals surface area contributed by atoms with Gasteiger partial charge in [-0.15, -0.1) is 0 Å². The minimum Gasteiger partial charge on any atom is -0.243 e. The first-order valence-electron chi connectivity index (χ1n) is 2.16. The molecule has 0 saturated heterocycles. The topological polar surface area (TPSA) is 12.9 Å². The molecule has 0 aliphatic rings. The van der Waals surface area contributed by atoms with Crippen molar-refractivity contribution in [1.29, 1.82) is 0 Å². The minimum absolute atomic E-state index is 0.555. The van der Waals surface area contributed by atoms with E-state index >= 15 is 0 Å². The van der Waals surface area contributed by atoms with Gasteiger partial charge in [0, 0.05) is 13.3 Å². The number of pyridine rings is 1. The highest BCUT2D eigenvalue weighted by atomic mass is 127. The largest absolute Gasteiger partial charge is 0.243 e. The zero-order valence-electron chi connectivity index (χ0n) is 4.24. The molecule has 0 spiro atoms. The summed E-state index contributed by atoms with van der Waals surface area (Å²) in [6.45, 7) is 0. The van der Waals surface area contributed by atoms with Crippen LogP contribution in [0.5, 0.6) is 0 Å². The number of nitrogens with zero attached hydrogens (tertiary/aromatic N) is 1. The van der Waals surface area contributed by atoms with E-state index in [1.54, 1.807) is 6.20 Å². The van der Waals surface area contributed by atoms with Gasteiger partial charge in [-0.25, -0.2) is 4.98 Å². The zero-order chi connectivity index (χ0) is 6.85. The molecule has 1 heterocycles. The van der Waals surface area contributed by atoms with Crippen LogP contribution in [0.1, 0.15) is 0 Å². The monoisotopic (exact) mass is 365 g/mol. The van der Waals surface area contributed by atoms with Gasteiger partial charge in [-0.2, -0.15) is 0 Å². The Balaban J connectivity index is 3.17. The second kappa shape index (κ2) is 3.34. The van der Waals surface area contributed by atoms with Gasteiger partial charge in [0.2, 0.25) is 0 Å². The van der Waals surface area contributed by atoms with Crippen molar-refractivity contribution in [3.8, 4) is 0 Å². The first-order valence-corrected chi connectivity index (χ1v) is 4.70. The van der Waals surface area contributed by atoms with E-state index in [9.17, 15) is 0 Å². The highest BCUT2D eigenvalue weighted by Gasteiger charge is 1.95. The summed E-state index contributed by atoms with van der Waals surface area (Å²) >= 11 is 10.0. The van der Waals surface area contributed by atoms with E-state index in [1.165, 1.54) is 0 Å². The molecule has 0 aliphatic carbocycles. The van der Waals surface area contributed by atoms with Crippen molar-refractivity contribution in [3.05, 3.63) is 24.6 Å². The summed E-state index contributed by atoms with van der Waals surface area (Å²) < 4.78 is 2.28. The third kappa shape index (κ3) is 2.19. The first-order chi connectivity index (χ1) is 4.20. The predicted octanol–water partition coefficient (Wildman–Crippen LogP) is 2.94. The second-order valence-electron chi connectivity index (χ2n) is 1.42. The van der Waals surface area contributed by atoms with Crippen molar-refractivity contribution in [2.24, 2.45) is 0 Å². The van der Waals surface area contributed by atoms with Crippen LogP contribution in [0.2, 0.25) is 5.15 Å². The lowest BCUT2D eigenvalue weighted by molar-refractivity contribution is 1.29. The van der Waals surface area contributed by atoms with Gasteiger partial charge in [0.05, 0.1) is 0 Å². The Morgan fingerprint density at radius 2 is 2.00 bits per heavy atom. The molecule has 1 aromatic rings. The molecule has 1 rings (SSSR count). The predicted molar refractivity (Wildman–Crippen MR) is 54.7 cm³/mol. The number of halogens is 3. The molecule has 0 fully saturated rings. The van der Waals surface area contributed by atoms with Crippen LogP contribution < -0.4 is 0 Å². The Morgan fingerprint density at radius 3 is 2.44 bits per heavy atom. The smallest absolute Gasteiger partial charge is 0.130 e. The molecule has 0 atom stereocenters.